The minimum Gasteiger partial charge on any atom is -0.461 e. The summed E-state index contributed by atoms with van der Waals surface area (Å²) in [5, 5.41) is 8.63. The Morgan fingerprint density at radius 3 is 1.43 bits per heavy atom. The maximum absolute atomic E-state index is 11.8. The van der Waals surface area contributed by atoms with E-state index in [2.05, 4.69) is 25.9 Å². The number of carbonyl (C=O) groups is 5. The minimum absolute atomic E-state index is 0.0216. The van der Waals surface area contributed by atoms with Crippen LogP contribution in [0.15, 0.2) is 0 Å². The molecular weight excluding hydrogens is 754 g/mol. The molecule has 4 unspecified atom stereocenters. The molecule has 0 aliphatic carbocycles. The minimum atomic E-state index is -0.802. The number of ether oxygens (including phenoxy) is 3. The highest BCUT2D eigenvalue weighted by molar-refractivity contribution is 7.10. The zero-order chi connectivity index (χ0) is 41.6. The first-order chi connectivity index (χ1) is 25.3. The molecule has 2 saturated heterocycles. The molecule has 14 heteroatoms. The van der Waals surface area contributed by atoms with Gasteiger partial charge in [0.2, 0.25) is 5.24 Å². The van der Waals surface area contributed by atoms with E-state index in [1.165, 1.54) is 77.0 Å². The van der Waals surface area contributed by atoms with Crippen molar-refractivity contribution in [3.63, 3.8) is 0 Å². The Balaban J connectivity index is 0. The van der Waals surface area contributed by atoms with Crippen LogP contribution in [-0.4, -0.2) is 71.7 Å². The first kappa shape index (κ1) is 54.9. The summed E-state index contributed by atoms with van der Waals surface area (Å²) in [6.07, 6.45) is 20.3. The van der Waals surface area contributed by atoms with Gasteiger partial charge >= 0.3 is 17.9 Å². The summed E-state index contributed by atoms with van der Waals surface area (Å²) < 4.78 is 24.8. The average molecular weight is 829 g/mol. The summed E-state index contributed by atoms with van der Waals surface area (Å²) in [5.74, 6) is -0.627. The highest BCUT2D eigenvalue weighted by Gasteiger charge is 2.42. The van der Waals surface area contributed by atoms with Gasteiger partial charge in [0.05, 0.1) is 25.7 Å². The molecule has 1 N–H and O–H groups in total. The molecular formula is C40H75ClO11P2. The molecule has 4 atom stereocenters. The Hall–Kier alpha value is -1.22. The van der Waals surface area contributed by atoms with Gasteiger partial charge in [0.15, 0.2) is 11.2 Å². The van der Waals surface area contributed by atoms with Crippen molar-refractivity contribution < 1.29 is 52.3 Å². The maximum atomic E-state index is 11.8. The molecule has 0 bridgehead atoms. The van der Waals surface area contributed by atoms with Gasteiger partial charge in [-0.3, -0.25) is 24.0 Å². The number of hydrogen-bond donors (Lipinski definition) is 1. The predicted octanol–water partition coefficient (Wildman–Crippen LogP) is 9.42. The number of esters is 3. The lowest BCUT2D eigenvalue weighted by Crippen LogP contribution is -2.40. The van der Waals surface area contributed by atoms with Crippen molar-refractivity contribution in [1.82, 2.24) is 0 Å². The fraction of sp³-hybridized carbons (Fsp3) is 0.875. The number of aliphatic hydroxyl groups excluding tert-OH is 1. The van der Waals surface area contributed by atoms with Crippen molar-refractivity contribution in [2.45, 2.75) is 182 Å². The summed E-state index contributed by atoms with van der Waals surface area (Å²) in [6, 6.07) is 0. The van der Waals surface area contributed by atoms with Gasteiger partial charge in [-0.15, -0.1) is 0 Å². The third-order valence-corrected chi connectivity index (χ3v) is 9.73. The number of unbranched alkanes of at least 4 members (excludes halogenated alkanes) is 12. The number of Topliss-reactive ketones (excluding diaryl/α,β-unsaturated/α-hetero) is 1. The summed E-state index contributed by atoms with van der Waals surface area (Å²) in [5.41, 5.74) is -1.72. The SMILES string of the molecule is CC(C)C(=O)Cl.CC(C)C(=O)OCC1(COP)CCC(=O)O1.CCCCCCCCCCCCCCCC(=O)C(C)(C)C.O=C1CCC(CO)(COP)O1. The fourth-order valence-electron chi connectivity index (χ4n) is 5.20. The third-order valence-electron chi connectivity index (χ3n) is 8.96. The van der Waals surface area contributed by atoms with E-state index in [9.17, 15) is 24.0 Å². The summed E-state index contributed by atoms with van der Waals surface area (Å²) in [6.45, 7) is 15.7. The normalized spacial score (nSPS) is 19.1. The van der Waals surface area contributed by atoms with Crippen LogP contribution in [0.4, 0.5) is 0 Å². The van der Waals surface area contributed by atoms with E-state index in [1.54, 1.807) is 27.7 Å². The first-order valence-electron chi connectivity index (χ1n) is 19.9. The van der Waals surface area contributed by atoms with E-state index in [0.717, 1.165) is 12.8 Å². The maximum Gasteiger partial charge on any atom is 0.308 e. The average Bonchev–Trinajstić information content (AvgIpc) is 3.67. The van der Waals surface area contributed by atoms with Crippen LogP contribution < -0.4 is 0 Å². The van der Waals surface area contributed by atoms with Gasteiger partial charge in [-0.2, -0.15) is 0 Å². The van der Waals surface area contributed by atoms with Gasteiger partial charge in [0.1, 0.15) is 12.4 Å². The second kappa shape index (κ2) is 31.8. The van der Waals surface area contributed by atoms with Crippen LogP contribution in [0.3, 0.4) is 0 Å². The van der Waals surface area contributed by atoms with Crippen molar-refractivity contribution in [3.05, 3.63) is 0 Å². The van der Waals surface area contributed by atoms with Crippen LogP contribution in [0.5, 0.6) is 0 Å². The molecule has 0 saturated carbocycles. The second-order valence-electron chi connectivity index (χ2n) is 16.0. The quantitative estimate of drug-likeness (QED) is 0.0345. The molecule has 0 aromatic carbocycles. The molecule has 2 aliphatic heterocycles. The highest BCUT2D eigenvalue weighted by Crippen LogP contribution is 2.29. The van der Waals surface area contributed by atoms with E-state index in [0.29, 0.717) is 31.5 Å². The van der Waals surface area contributed by atoms with Gasteiger partial charge in [-0.05, 0) is 18.0 Å². The molecule has 2 heterocycles. The van der Waals surface area contributed by atoms with Crippen molar-refractivity contribution >= 4 is 59.5 Å². The largest absolute Gasteiger partial charge is 0.461 e. The number of halogens is 1. The van der Waals surface area contributed by atoms with Gasteiger partial charge in [-0.25, -0.2) is 0 Å². The van der Waals surface area contributed by atoms with Crippen molar-refractivity contribution in [1.29, 1.82) is 0 Å². The lowest BCUT2D eigenvalue weighted by molar-refractivity contribution is -0.167. The van der Waals surface area contributed by atoms with Gasteiger partial charge in [0, 0.05) is 62.4 Å². The van der Waals surface area contributed by atoms with Crippen LogP contribution in [0.25, 0.3) is 0 Å². The number of cyclic esters (lactones) is 2. The van der Waals surface area contributed by atoms with Crippen LogP contribution >= 0.6 is 30.5 Å². The molecule has 0 aromatic heterocycles. The number of carbonyl (C=O) groups excluding carboxylic acids is 5. The van der Waals surface area contributed by atoms with Gasteiger partial charge < -0.3 is 28.4 Å². The molecule has 54 heavy (non-hydrogen) atoms. The molecule has 2 rings (SSSR count). The zero-order valence-corrected chi connectivity index (χ0v) is 37.8. The molecule has 0 amide bonds. The van der Waals surface area contributed by atoms with Crippen molar-refractivity contribution in [2.24, 2.45) is 17.3 Å². The fourth-order valence-corrected chi connectivity index (χ4v) is 5.81. The van der Waals surface area contributed by atoms with Gasteiger partial charge in [0.25, 0.3) is 0 Å². The van der Waals surface area contributed by atoms with Crippen molar-refractivity contribution in [3.8, 4) is 0 Å². The number of ketones is 1. The summed E-state index contributed by atoms with van der Waals surface area (Å²) >= 11 is 4.97. The topological polar surface area (TPSA) is 152 Å². The Morgan fingerprint density at radius 1 is 0.722 bits per heavy atom. The summed E-state index contributed by atoms with van der Waals surface area (Å²) in [4.78, 5) is 54.8. The van der Waals surface area contributed by atoms with E-state index >= 15 is 0 Å². The van der Waals surface area contributed by atoms with Crippen LogP contribution in [0.1, 0.15) is 171 Å². The van der Waals surface area contributed by atoms with E-state index in [4.69, 9.17) is 40.0 Å². The Morgan fingerprint density at radius 2 is 1.11 bits per heavy atom. The predicted molar refractivity (Wildman–Crippen MR) is 221 cm³/mol. The Labute approximate surface area is 336 Å². The lowest BCUT2D eigenvalue weighted by atomic mass is 9.88. The molecule has 0 spiro atoms. The summed E-state index contributed by atoms with van der Waals surface area (Å²) in [7, 11) is 4.17. The molecule has 2 fully saturated rings. The van der Waals surface area contributed by atoms with E-state index in [1.807, 2.05) is 20.8 Å². The second-order valence-corrected chi connectivity index (χ2v) is 17.0. The Kier molecular flexibility index (Phi) is 32.3. The zero-order valence-electron chi connectivity index (χ0n) is 34.8. The smallest absolute Gasteiger partial charge is 0.308 e. The molecule has 11 nitrogen and oxygen atoms in total. The standard InChI is InChI=1S/C20H40O.C10H17O5P.C6H11O4P.C4H7ClO/c1-5-6-7-8-9-10-11-12-13-14-15-16-17-18-19(21)20(2,3)4;1-7(2)9(12)13-5-10(6-14-16)4-3-8(11)15-10;7-3-6(4-9-11)2-1-5(8)10-6;1-3(2)4(5)6/h5-18H2,1-4H3;7H,3-6,16H2,1-2H3;7H,1-4,11H2;3H,1-2H3. The molecule has 0 radical (unpaired) electrons. The molecule has 0 aromatic rings. The van der Waals surface area contributed by atoms with E-state index < -0.39 is 11.2 Å². The highest BCUT2D eigenvalue weighted by atomic mass is 35.5. The first-order valence-corrected chi connectivity index (χ1v) is 21.2. The van der Waals surface area contributed by atoms with Gasteiger partial charge in [-0.1, -0.05) is 132 Å². The molecule has 318 valence electrons. The van der Waals surface area contributed by atoms with Crippen molar-refractivity contribution in [2.75, 3.05) is 26.4 Å². The lowest BCUT2D eigenvalue weighted by Gasteiger charge is -2.26. The number of aliphatic hydroxyl groups is 1. The van der Waals surface area contributed by atoms with Crippen LogP contribution in [0, 0.1) is 17.3 Å². The van der Waals surface area contributed by atoms with Crippen LogP contribution in [-0.2, 0) is 47.2 Å². The third kappa shape index (κ3) is 28.2. The van der Waals surface area contributed by atoms with E-state index in [-0.39, 0.29) is 66.8 Å². The number of rotatable bonds is 23. The Bertz CT molecular complexity index is 1050. The number of hydrogen-bond acceptors (Lipinski definition) is 11. The molecule has 2 aliphatic rings. The monoisotopic (exact) mass is 828 g/mol. The van der Waals surface area contributed by atoms with Crippen LogP contribution in [0.2, 0.25) is 0 Å².